The summed E-state index contributed by atoms with van der Waals surface area (Å²) in [6.07, 6.45) is 0. The SMILES string of the molecule is CC1(c2cccs2)NC(=O)N(Cc2cccc3ccccc23)C1=O. The molecule has 0 spiro atoms. The van der Waals surface area contributed by atoms with Gasteiger partial charge < -0.3 is 5.32 Å². The monoisotopic (exact) mass is 336 g/mol. The van der Waals surface area contributed by atoms with Crippen LogP contribution in [0.4, 0.5) is 4.79 Å². The first-order chi connectivity index (χ1) is 11.6. The molecule has 1 aromatic heterocycles. The van der Waals surface area contributed by atoms with Gasteiger partial charge in [-0.1, -0.05) is 48.5 Å². The predicted molar refractivity (Wildman–Crippen MR) is 94.7 cm³/mol. The number of nitrogens with zero attached hydrogens (tertiary/aromatic N) is 1. The Kier molecular flexibility index (Phi) is 3.39. The van der Waals surface area contributed by atoms with Crippen LogP contribution in [0.3, 0.4) is 0 Å². The number of hydrogen-bond acceptors (Lipinski definition) is 3. The summed E-state index contributed by atoms with van der Waals surface area (Å²) in [7, 11) is 0. The lowest BCUT2D eigenvalue weighted by atomic mass is 10.00. The van der Waals surface area contributed by atoms with Gasteiger partial charge in [0.1, 0.15) is 0 Å². The van der Waals surface area contributed by atoms with Crippen LogP contribution in [0.5, 0.6) is 0 Å². The van der Waals surface area contributed by atoms with Gasteiger partial charge in [-0.3, -0.25) is 9.69 Å². The Labute approximate surface area is 143 Å². The third kappa shape index (κ3) is 2.20. The summed E-state index contributed by atoms with van der Waals surface area (Å²) < 4.78 is 0. The van der Waals surface area contributed by atoms with Gasteiger partial charge in [-0.25, -0.2) is 4.79 Å². The first-order valence-corrected chi connectivity index (χ1v) is 8.62. The van der Waals surface area contributed by atoms with Gasteiger partial charge in [-0.15, -0.1) is 11.3 Å². The fourth-order valence-electron chi connectivity index (χ4n) is 3.17. The van der Waals surface area contributed by atoms with Gasteiger partial charge >= 0.3 is 6.03 Å². The highest BCUT2D eigenvalue weighted by atomic mass is 32.1. The summed E-state index contributed by atoms with van der Waals surface area (Å²) in [4.78, 5) is 27.5. The molecule has 3 aromatic rings. The van der Waals surface area contributed by atoms with Crippen molar-refractivity contribution in [2.75, 3.05) is 0 Å². The molecule has 1 saturated heterocycles. The third-order valence-electron chi connectivity index (χ3n) is 4.50. The van der Waals surface area contributed by atoms with Crippen LogP contribution >= 0.6 is 11.3 Å². The Balaban J connectivity index is 1.70. The zero-order valence-corrected chi connectivity index (χ0v) is 14.0. The fourth-order valence-corrected chi connectivity index (χ4v) is 4.01. The molecule has 24 heavy (non-hydrogen) atoms. The molecular weight excluding hydrogens is 320 g/mol. The quantitative estimate of drug-likeness (QED) is 0.738. The first kappa shape index (κ1) is 14.9. The lowest BCUT2D eigenvalue weighted by Crippen LogP contribution is -2.40. The molecule has 0 aliphatic carbocycles. The maximum atomic E-state index is 12.9. The maximum Gasteiger partial charge on any atom is 0.325 e. The minimum atomic E-state index is -0.976. The maximum absolute atomic E-state index is 12.9. The van der Waals surface area contributed by atoms with E-state index in [1.807, 2.05) is 60.0 Å². The molecule has 4 rings (SSSR count). The van der Waals surface area contributed by atoms with Crippen LogP contribution in [-0.2, 0) is 16.9 Å². The van der Waals surface area contributed by atoms with Crippen molar-refractivity contribution in [3.05, 3.63) is 70.4 Å². The van der Waals surface area contributed by atoms with Gasteiger partial charge in [0.2, 0.25) is 0 Å². The Morgan fingerprint density at radius 2 is 1.83 bits per heavy atom. The number of nitrogens with one attached hydrogen (secondary N) is 1. The molecule has 1 aliphatic heterocycles. The molecule has 2 heterocycles. The van der Waals surface area contributed by atoms with E-state index in [2.05, 4.69) is 5.32 Å². The minimum Gasteiger partial charge on any atom is -0.319 e. The van der Waals surface area contributed by atoms with Crippen molar-refractivity contribution in [1.29, 1.82) is 0 Å². The van der Waals surface area contributed by atoms with E-state index in [1.54, 1.807) is 6.92 Å². The van der Waals surface area contributed by atoms with E-state index >= 15 is 0 Å². The normalized spacial score (nSPS) is 20.6. The standard InChI is InChI=1S/C19H16N2O2S/c1-19(16-10-5-11-24-16)17(22)21(18(23)20-19)12-14-8-4-7-13-6-2-3-9-15(13)14/h2-11H,12H2,1H3,(H,20,23). The number of imide groups is 1. The van der Waals surface area contributed by atoms with E-state index in [0.29, 0.717) is 0 Å². The van der Waals surface area contributed by atoms with Crippen LogP contribution in [-0.4, -0.2) is 16.8 Å². The molecule has 3 amide bonds. The minimum absolute atomic E-state index is 0.206. The third-order valence-corrected chi connectivity index (χ3v) is 5.59. The average molecular weight is 336 g/mol. The van der Waals surface area contributed by atoms with Crippen LogP contribution in [0.25, 0.3) is 10.8 Å². The van der Waals surface area contributed by atoms with E-state index in [1.165, 1.54) is 16.2 Å². The van der Waals surface area contributed by atoms with E-state index < -0.39 is 5.54 Å². The Morgan fingerprint density at radius 1 is 1.04 bits per heavy atom. The molecule has 0 bridgehead atoms. The van der Waals surface area contributed by atoms with Crippen molar-refractivity contribution in [2.45, 2.75) is 19.0 Å². The van der Waals surface area contributed by atoms with Crippen LogP contribution in [0.15, 0.2) is 60.0 Å². The molecule has 1 N–H and O–H groups in total. The summed E-state index contributed by atoms with van der Waals surface area (Å²) in [5, 5.41) is 6.92. The summed E-state index contributed by atoms with van der Waals surface area (Å²) in [6, 6.07) is 17.4. The summed E-state index contributed by atoms with van der Waals surface area (Å²) in [5.41, 5.74) is -0.0115. The molecule has 1 fully saturated rings. The molecule has 1 atom stereocenters. The largest absolute Gasteiger partial charge is 0.325 e. The van der Waals surface area contributed by atoms with Crippen molar-refractivity contribution >= 4 is 34.0 Å². The average Bonchev–Trinajstić information content (AvgIpc) is 3.20. The van der Waals surface area contributed by atoms with E-state index in [4.69, 9.17) is 0 Å². The molecule has 1 unspecified atom stereocenters. The van der Waals surface area contributed by atoms with Crippen molar-refractivity contribution in [1.82, 2.24) is 10.2 Å². The number of hydrogen-bond donors (Lipinski definition) is 1. The number of carbonyl (C=O) groups is 2. The van der Waals surface area contributed by atoms with Gasteiger partial charge in [0.05, 0.1) is 6.54 Å². The second kappa shape index (κ2) is 5.46. The predicted octanol–water partition coefficient (Wildman–Crippen LogP) is 3.87. The van der Waals surface area contributed by atoms with Gasteiger partial charge in [0, 0.05) is 4.88 Å². The molecule has 1 aliphatic rings. The number of urea groups is 1. The highest BCUT2D eigenvalue weighted by molar-refractivity contribution is 7.10. The Bertz CT molecular complexity index is 930. The van der Waals surface area contributed by atoms with Gasteiger partial charge in [-0.05, 0) is 34.7 Å². The van der Waals surface area contributed by atoms with Crippen LogP contribution in [0.2, 0.25) is 0 Å². The fraction of sp³-hybridized carbons (Fsp3) is 0.158. The zero-order valence-electron chi connectivity index (χ0n) is 13.2. The van der Waals surface area contributed by atoms with Crippen molar-refractivity contribution < 1.29 is 9.59 Å². The van der Waals surface area contributed by atoms with Gasteiger partial charge in [-0.2, -0.15) is 0 Å². The second-order valence-corrected chi connectivity index (χ2v) is 7.01. The molecule has 120 valence electrons. The number of fused-ring (bicyclic) bond motifs is 1. The van der Waals surface area contributed by atoms with Gasteiger partial charge in [0.25, 0.3) is 5.91 Å². The number of thiophene rings is 1. The van der Waals surface area contributed by atoms with E-state index in [9.17, 15) is 9.59 Å². The number of carbonyl (C=O) groups excluding carboxylic acids is 2. The Hall–Kier alpha value is -2.66. The lowest BCUT2D eigenvalue weighted by molar-refractivity contribution is -0.131. The number of amides is 3. The van der Waals surface area contributed by atoms with Gasteiger partial charge in [0.15, 0.2) is 5.54 Å². The number of benzene rings is 2. The molecule has 5 heteroatoms. The smallest absolute Gasteiger partial charge is 0.319 e. The van der Waals surface area contributed by atoms with Crippen molar-refractivity contribution in [2.24, 2.45) is 0 Å². The molecule has 4 nitrogen and oxygen atoms in total. The topological polar surface area (TPSA) is 49.4 Å². The summed E-state index contributed by atoms with van der Waals surface area (Å²) in [6.45, 7) is 2.04. The second-order valence-electron chi connectivity index (χ2n) is 6.06. The van der Waals surface area contributed by atoms with Crippen LogP contribution in [0.1, 0.15) is 17.4 Å². The van der Waals surface area contributed by atoms with Crippen LogP contribution < -0.4 is 5.32 Å². The highest BCUT2D eigenvalue weighted by Crippen LogP contribution is 2.33. The molecule has 0 radical (unpaired) electrons. The zero-order chi connectivity index (χ0) is 16.7. The summed E-state index contributed by atoms with van der Waals surface area (Å²) >= 11 is 1.47. The van der Waals surface area contributed by atoms with Crippen molar-refractivity contribution in [3.63, 3.8) is 0 Å². The van der Waals surface area contributed by atoms with E-state index in [0.717, 1.165) is 21.2 Å². The van der Waals surface area contributed by atoms with Crippen LogP contribution in [0, 0.1) is 0 Å². The summed E-state index contributed by atoms with van der Waals surface area (Å²) in [5.74, 6) is -0.206. The first-order valence-electron chi connectivity index (χ1n) is 7.74. The lowest BCUT2D eigenvalue weighted by Gasteiger charge is -2.20. The highest BCUT2D eigenvalue weighted by Gasteiger charge is 2.49. The Morgan fingerprint density at radius 3 is 2.62 bits per heavy atom. The molecule has 2 aromatic carbocycles. The number of rotatable bonds is 3. The molecular formula is C19H16N2O2S. The van der Waals surface area contributed by atoms with Crippen molar-refractivity contribution in [3.8, 4) is 0 Å². The molecule has 0 saturated carbocycles. The van der Waals surface area contributed by atoms with E-state index in [-0.39, 0.29) is 18.5 Å².